The molecule has 0 unspecified atom stereocenters. The molecule has 84 valence electrons. The van der Waals surface area contributed by atoms with Gasteiger partial charge in [-0.05, 0) is 12.1 Å². The Morgan fingerprint density at radius 1 is 1.24 bits per heavy atom. The van der Waals surface area contributed by atoms with Crippen molar-refractivity contribution in [1.29, 1.82) is 0 Å². The first-order valence-electron chi connectivity index (χ1n) is 4.73. The van der Waals surface area contributed by atoms with Crippen LogP contribution in [-0.4, -0.2) is 29.7 Å². The van der Waals surface area contributed by atoms with E-state index in [0.29, 0.717) is 17.5 Å². The molecule has 17 heavy (non-hydrogen) atoms. The van der Waals surface area contributed by atoms with Crippen LogP contribution in [0.15, 0.2) is 35.5 Å². The van der Waals surface area contributed by atoms with Crippen LogP contribution in [0.3, 0.4) is 0 Å². The monoisotopic (exact) mass is 229 g/mol. The van der Waals surface area contributed by atoms with Crippen molar-refractivity contribution < 1.29 is 4.42 Å². The summed E-state index contributed by atoms with van der Waals surface area (Å²) in [7, 11) is 0. The van der Waals surface area contributed by atoms with Crippen LogP contribution in [0.2, 0.25) is 0 Å². The van der Waals surface area contributed by atoms with Gasteiger partial charge in [-0.3, -0.25) is 0 Å². The van der Waals surface area contributed by atoms with Crippen LogP contribution >= 0.6 is 0 Å². The van der Waals surface area contributed by atoms with Gasteiger partial charge in [0, 0.05) is 0 Å². The van der Waals surface area contributed by atoms with Gasteiger partial charge < -0.3 is 10.2 Å². The first-order chi connectivity index (χ1) is 8.33. The summed E-state index contributed by atoms with van der Waals surface area (Å²) in [4.78, 5) is 15.9. The zero-order chi connectivity index (χ0) is 11.7. The van der Waals surface area contributed by atoms with Gasteiger partial charge in [-0.2, -0.15) is 24.7 Å². The molecule has 3 heterocycles. The lowest BCUT2D eigenvalue weighted by Gasteiger charge is -2.01. The van der Waals surface area contributed by atoms with Crippen LogP contribution in [0.1, 0.15) is 0 Å². The van der Waals surface area contributed by atoms with Gasteiger partial charge in [-0.15, -0.1) is 0 Å². The van der Waals surface area contributed by atoms with Crippen LogP contribution in [0.5, 0.6) is 0 Å². The maximum absolute atomic E-state index is 5.61. The Labute approximate surface area is 95.2 Å². The minimum atomic E-state index is 0.0944. The second-order valence-corrected chi connectivity index (χ2v) is 3.13. The van der Waals surface area contributed by atoms with Gasteiger partial charge in [0.15, 0.2) is 5.76 Å². The third-order valence-electron chi connectivity index (χ3n) is 2.01. The second kappa shape index (κ2) is 3.67. The molecule has 0 fully saturated rings. The minimum Gasteiger partial charge on any atom is -0.461 e. The number of hydrogen-bond donors (Lipinski definition) is 1. The molecule has 0 bridgehead atoms. The summed E-state index contributed by atoms with van der Waals surface area (Å²) < 4.78 is 6.59. The van der Waals surface area contributed by atoms with E-state index in [0.717, 1.165) is 0 Å². The molecule has 3 aromatic rings. The highest BCUT2D eigenvalue weighted by Gasteiger charge is 2.10. The molecule has 0 aliphatic carbocycles. The molecule has 0 amide bonds. The van der Waals surface area contributed by atoms with Gasteiger partial charge in [0.05, 0.1) is 6.26 Å². The lowest BCUT2D eigenvalue weighted by molar-refractivity contribution is 0.576. The lowest BCUT2D eigenvalue weighted by Crippen LogP contribution is -2.07. The summed E-state index contributed by atoms with van der Waals surface area (Å²) in [6.07, 6.45) is 4.39. The molecule has 0 aliphatic heterocycles. The van der Waals surface area contributed by atoms with Crippen LogP contribution in [0.4, 0.5) is 5.95 Å². The smallest absolute Gasteiger partial charge is 0.257 e. The Kier molecular flexibility index (Phi) is 2.04. The van der Waals surface area contributed by atoms with Crippen LogP contribution in [-0.2, 0) is 0 Å². The molecule has 0 saturated carbocycles. The number of aromatic nitrogens is 6. The fourth-order valence-electron chi connectivity index (χ4n) is 1.31. The van der Waals surface area contributed by atoms with Crippen molar-refractivity contribution >= 4 is 5.95 Å². The Hall–Kier alpha value is -2.77. The normalized spacial score (nSPS) is 10.6. The summed E-state index contributed by atoms with van der Waals surface area (Å²) in [5.41, 5.74) is 5.61. The predicted octanol–water partition coefficient (Wildman–Crippen LogP) is 0.294. The van der Waals surface area contributed by atoms with Crippen molar-refractivity contribution in [1.82, 2.24) is 29.7 Å². The molecule has 0 saturated heterocycles. The van der Waals surface area contributed by atoms with Gasteiger partial charge in [0.2, 0.25) is 11.8 Å². The van der Waals surface area contributed by atoms with Gasteiger partial charge in [-0.1, -0.05) is 0 Å². The van der Waals surface area contributed by atoms with Crippen molar-refractivity contribution in [2.45, 2.75) is 0 Å². The van der Waals surface area contributed by atoms with E-state index in [2.05, 4.69) is 25.0 Å². The molecular weight excluding hydrogens is 222 g/mol. The van der Waals surface area contributed by atoms with Crippen molar-refractivity contribution in [3.63, 3.8) is 0 Å². The zero-order valence-electron chi connectivity index (χ0n) is 8.56. The fraction of sp³-hybridized carbons (Fsp3) is 0. The van der Waals surface area contributed by atoms with E-state index in [1.807, 2.05) is 0 Å². The van der Waals surface area contributed by atoms with E-state index >= 15 is 0 Å². The molecule has 3 rings (SSSR count). The zero-order valence-corrected chi connectivity index (χ0v) is 8.56. The Morgan fingerprint density at radius 2 is 2.18 bits per heavy atom. The summed E-state index contributed by atoms with van der Waals surface area (Å²) in [6, 6.07) is 3.48. The van der Waals surface area contributed by atoms with Crippen LogP contribution in [0.25, 0.3) is 17.5 Å². The molecule has 0 aliphatic rings. The number of rotatable bonds is 2. The topological polar surface area (TPSA) is 109 Å². The third kappa shape index (κ3) is 1.71. The number of hydrogen-bond acceptors (Lipinski definition) is 7. The van der Waals surface area contributed by atoms with Gasteiger partial charge in [0.1, 0.15) is 12.7 Å². The summed E-state index contributed by atoms with van der Waals surface area (Å²) in [5, 5.41) is 3.92. The number of nitrogen functional groups attached to an aromatic ring is 1. The second-order valence-electron chi connectivity index (χ2n) is 3.13. The van der Waals surface area contributed by atoms with E-state index in [1.54, 1.807) is 12.1 Å². The Bertz CT molecular complexity index is 564. The van der Waals surface area contributed by atoms with Gasteiger partial charge in [0.25, 0.3) is 5.95 Å². The first kappa shape index (κ1) is 9.46. The molecule has 8 heteroatoms. The molecule has 0 spiro atoms. The number of furan rings is 1. The Balaban J connectivity index is 2.13. The average molecular weight is 229 g/mol. The lowest BCUT2D eigenvalue weighted by atomic mass is 10.4. The van der Waals surface area contributed by atoms with E-state index in [4.69, 9.17) is 10.2 Å². The van der Waals surface area contributed by atoms with Crippen LogP contribution < -0.4 is 5.73 Å². The standard InChI is InChI=1S/C9H7N7O/c10-8-13-7(6-2-1-3-17-6)14-9(15-8)16-5-11-4-12-16/h1-5H,(H2,10,13,14,15). The highest BCUT2D eigenvalue weighted by atomic mass is 16.3. The van der Waals surface area contributed by atoms with E-state index in [-0.39, 0.29) is 5.95 Å². The molecular formula is C9H7N7O. The molecule has 3 aromatic heterocycles. The summed E-state index contributed by atoms with van der Waals surface area (Å²) in [5.74, 6) is 1.26. The molecule has 0 atom stereocenters. The molecule has 0 aromatic carbocycles. The van der Waals surface area contributed by atoms with Crippen molar-refractivity contribution in [2.24, 2.45) is 0 Å². The van der Waals surface area contributed by atoms with E-state index in [9.17, 15) is 0 Å². The number of nitrogens with zero attached hydrogens (tertiary/aromatic N) is 6. The maximum atomic E-state index is 5.61. The van der Waals surface area contributed by atoms with Crippen molar-refractivity contribution in [2.75, 3.05) is 5.73 Å². The minimum absolute atomic E-state index is 0.0944. The van der Waals surface area contributed by atoms with E-state index < -0.39 is 0 Å². The molecule has 2 N–H and O–H groups in total. The molecule has 8 nitrogen and oxygen atoms in total. The molecule has 0 radical (unpaired) electrons. The highest BCUT2D eigenvalue weighted by molar-refractivity contribution is 5.48. The van der Waals surface area contributed by atoms with E-state index in [1.165, 1.54) is 23.6 Å². The third-order valence-corrected chi connectivity index (χ3v) is 2.01. The van der Waals surface area contributed by atoms with Gasteiger partial charge in [-0.25, -0.2) is 4.98 Å². The Morgan fingerprint density at radius 3 is 2.88 bits per heavy atom. The number of nitrogens with two attached hydrogens (primary N) is 1. The quantitative estimate of drug-likeness (QED) is 0.672. The van der Waals surface area contributed by atoms with Gasteiger partial charge >= 0.3 is 0 Å². The summed E-state index contributed by atoms with van der Waals surface area (Å²) in [6.45, 7) is 0. The van der Waals surface area contributed by atoms with Crippen molar-refractivity contribution in [3.8, 4) is 17.5 Å². The average Bonchev–Trinajstić information content (AvgIpc) is 3.02. The SMILES string of the molecule is Nc1nc(-c2ccco2)nc(-n2cncn2)n1. The maximum Gasteiger partial charge on any atom is 0.257 e. The summed E-state index contributed by atoms with van der Waals surface area (Å²) >= 11 is 0. The fourth-order valence-corrected chi connectivity index (χ4v) is 1.31. The highest BCUT2D eigenvalue weighted by Crippen LogP contribution is 2.16. The van der Waals surface area contributed by atoms with Crippen LogP contribution in [0, 0.1) is 0 Å². The van der Waals surface area contributed by atoms with Crippen molar-refractivity contribution in [3.05, 3.63) is 31.1 Å². The largest absolute Gasteiger partial charge is 0.461 e. The predicted molar refractivity (Wildman–Crippen MR) is 56.9 cm³/mol. The first-order valence-corrected chi connectivity index (χ1v) is 4.73. The number of anilines is 1.